The van der Waals surface area contributed by atoms with Gasteiger partial charge in [-0.2, -0.15) is 0 Å². The molecule has 1 N–H and O–H groups in total. The maximum atomic E-state index is 13.3. The summed E-state index contributed by atoms with van der Waals surface area (Å²) in [6.07, 6.45) is 7.18. The van der Waals surface area contributed by atoms with Gasteiger partial charge in [0, 0.05) is 24.9 Å². The Morgan fingerprint density at radius 3 is 2.37 bits per heavy atom. The van der Waals surface area contributed by atoms with E-state index in [1.54, 1.807) is 6.07 Å². The maximum Gasteiger partial charge on any atom is 0.323 e. The second-order valence-corrected chi connectivity index (χ2v) is 11.8. The molecule has 35 heavy (non-hydrogen) atoms. The number of hydrogen-bond donors (Lipinski definition) is 1. The minimum atomic E-state index is -0.969. The first kappa shape index (κ1) is 25.3. The standard InChI is InChI=1S/C30H39NO4/c1-29(2,3)25-13-10-21(11-14-25)17-30(4)18-24-16-23(12-15-26(24)35-30)28(34)31(20-27(32)33)19-22-8-6-5-7-9-22/h10-16,22H,5-9,17-20H2,1-4H3,(H,32,33)/t30-/m1/s1. The number of fused-ring (bicyclic) bond motifs is 1. The molecule has 1 fully saturated rings. The van der Waals surface area contributed by atoms with E-state index in [1.807, 2.05) is 12.1 Å². The van der Waals surface area contributed by atoms with Crippen molar-refractivity contribution in [1.82, 2.24) is 4.90 Å². The van der Waals surface area contributed by atoms with Gasteiger partial charge in [-0.25, -0.2) is 0 Å². The smallest absolute Gasteiger partial charge is 0.323 e. The van der Waals surface area contributed by atoms with Gasteiger partial charge in [0.15, 0.2) is 0 Å². The number of nitrogens with zero attached hydrogens (tertiary/aromatic N) is 1. The molecule has 188 valence electrons. The van der Waals surface area contributed by atoms with E-state index >= 15 is 0 Å². The van der Waals surface area contributed by atoms with Crippen LogP contribution in [0.5, 0.6) is 5.75 Å². The molecule has 2 aromatic rings. The van der Waals surface area contributed by atoms with Crippen molar-refractivity contribution in [2.75, 3.05) is 13.1 Å². The van der Waals surface area contributed by atoms with Gasteiger partial charge in [0.05, 0.1) is 0 Å². The highest BCUT2D eigenvalue weighted by Crippen LogP contribution is 2.38. The first-order valence-corrected chi connectivity index (χ1v) is 12.9. The zero-order valence-corrected chi connectivity index (χ0v) is 21.6. The molecule has 2 aromatic carbocycles. The number of rotatable bonds is 7. The van der Waals surface area contributed by atoms with Gasteiger partial charge in [0.25, 0.3) is 5.91 Å². The van der Waals surface area contributed by atoms with E-state index in [9.17, 15) is 14.7 Å². The molecule has 0 aromatic heterocycles. The molecule has 4 rings (SSSR count). The maximum absolute atomic E-state index is 13.3. The lowest BCUT2D eigenvalue weighted by atomic mass is 9.85. The molecule has 1 heterocycles. The van der Waals surface area contributed by atoms with Gasteiger partial charge in [-0.15, -0.1) is 0 Å². The zero-order valence-electron chi connectivity index (χ0n) is 21.6. The topological polar surface area (TPSA) is 66.8 Å². The number of aliphatic carboxylic acids is 1. The monoisotopic (exact) mass is 477 g/mol. The largest absolute Gasteiger partial charge is 0.487 e. The van der Waals surface area contributed by atoms with Crippen LogP contribution in [-0.2, 0) is 23.1 Å². The molecule has 2 aliphatic rings. The van der Waals surface area contributed by atoms with E-state index < -0.39 is 5.97 Å². The van der Waals surface area contributed by atoms with Crippen LogP contribution in [0.15, 0.2) is 42.5 Å². The average Bonchev–Trinajstić information content (AvgIpc) is 3.13. The van der Waals surface area contributed by atoms with E-state index in [2.05, 4.69) is 52.0 Å². The summed E-state index contributed by atoms with van der Waals surface area (Å²) in [4.78, 5) is 26.4. The molecule has 0 spiro atoms. The van der Waals surface area contributed by atoms with Crippen LogP contribution in [0.4, 0.5) is 0 Å². The molecule has 0 saturated heterocycles. The molecule has 0 unspecified atom stereocenters. The highest BCUT2D eigenvalue weighted by molar-refractivity contribution is 5.96. The van der Waals surface area contributed by atoms with Crippen LogP contribution < -0.4 is 4.74 Å². The van der Waals surface area contributed by atoms with Crippen molar-refractivity contribution in [3.05, 3.63) is 64.7 Å². The zero-order chi connectivity index (χ0) is 25.2. The fourth-order valence-electron chi connectivity index (χ4n) is 5.55. The van der Waals surface area contributed by atoms with Gasteiger partial charge >= 0.3 is 5.97 Å². The first-order chi connectivity index (χ1) is 16.5. The molecule has 1 aliphatic heterocycles. The molecule has 1 atom stereocenters. The molecule has 0 radical (unpaired) electrons. The Kier molecular flexibility index (Phi) is 7.25. The Hall–Kier alpha value is -2.82. The van der Waals surface area contributed by atoms with E-state index in [0.29, 0.717) is 24.4 Å². The van der Waals surface area contributed by atoms with Crippen LogP contribution in [0.25, 0.3) is 0 Å². The molecule has 0 bridgehead atoms. The van der Waals surface area contributed by atoms with Gasteiger partial charge in [-0.3, -0.25) is 9.59 Å². The van der Waals surface area contributed by atoms with Crippen LogP contribution >= 0.6 is 0 Å². The lowest BCUT2D eigenvalue weighted by Crippen LogP contribution is -2.39. The highest BCUT2D eigenvalue weighted by atomic mass is 16.5. The second kappa shape index (κ2) is 10.0. The highest BCUT2D eigenvalue weighted by Gasteiger charge is 2.36. The SMILES string of the molecule is CC(C)(C)c1ccc(C[C@]2(C)Cc3cc(C(=O)N(CC(=O)O)CC4CCCCC4)ccc3O2)cc1. The lowest BCUT2D eigenvalue weighted by molar-refractivity contribution is -0.137. The first-order valence-electron chi connectivity index (χ1n) is 12.9. The van der Waals surface area contributed by atoms with Gasteiger partial charge in [0.1, 0.15) is 17.9 Å². The number of carbonyl (C=O) groups is 2. The average molecular weight is 478 g/mol. The van der Waals surface area contributed by atoms with Crippen molar-refractivity contribution in [2.24, 2.45) is 5.92 Å². The van der Waals surface area contributed by atoms with Crippen LogP contribution in [0, 0.1) is 5.92 Å². The Balaban J connectivity index is 1.46. The Labute approximate surface area is 209 Å². The third kappa shape index (κ3) is 6.25. The second-order valence-electron chi connectivity index (χ2n) is 11.8. The van der Waals surface area contributed by atoms with Gasteiger partial charge in [-0.1, -0.05) is 64.3 Å². The van der Waals surface area contributed by atoms with Crippen molar-refractivity contribution in [1.29, 1.82) is 0 Å². The van der Waals surface area contributed by atoms with Crippen molar-refractivity contribution in [3.8, 4) is 5.75 Å². The number of carboxylic acid groups (broad SMARTS) is 1. The number of carboxylic acids is 1. The summed E-state index contributed by atoms with van der Waals surface area (Å²) in [5.41, 5.74) is 3.84. The predicted molar refractivity (Wildman–Crippen MR) is 138 cm³/mol. The summed E-state index contributed by atoms with van der Waals surface area (Å²) in [5, 5.41) is 9.42. The van der Waals surface area contributed by atoms with Crippen LogP contribution in [0.3, 0.4) is 0 Å². The van der Waals surface area contributed by atoms with Crippen molar-refractivity contribution in [3.63, 3.8) is 0 Å². The van der Waals surface area contributed by atoms with Crippen LogP contribution in [0.2, 0.25) is 0 Å². The third-order valence-corrected chi connectivity index (χ3v) is 7.44. The van der Waals surface area contributed by atoms with Gasteiger partial charge in [-0.05, 0) is 66.0 Å². The van der Waals surface area contributed by atoms with Crippen molar-refractivity contribution >= 4 is 11.9 Å². The normalized spacial score (nSPS) is 20.2. The molecular formula is C30H39NO4. The number of hydrogen-bond acceptors (Lipinski definition) is 3. The molecule has 5 nitrogen and oxygen atoms in total. The van der Waals surface area contributed by atoms with E-state index in [-0.39, 0.29) is 23.5 Å². The minimum Gasteiger partial charge on any atom is -0.487 e. The van der Waals surface area contributed by atoms with Crippen LogP contribution in [-0.4, -0.2) is 40.6 Å². The summed E-state index contributed by atoms with van der Waals surface area (Å²) in [6, 6.07) is 14.3. The summed E-state index contributed by atoms with van der Waals surface area (Å²) in [5.74, 6) is 0.0288. The Morgan fingerprint density at radius 1 is 1.06 bits per heavy atom. The molecule has 1 saturated carbocycles. The summed E-state index contributed by atoms with van der Waals surface area (Å²) < 4.78 is 6.36. The molecule has 5 heteroatoms. The van der Waals surface area contributed by atoms with Gasteiger partial charge in [0.2, 0.25) is 0 Å². The summed E-state index contributed by atoms with van der Waals surface area (Å²) in [7, 11) is 0. The fraction of sp³-hybridized carbons (Fsp3) is 0.533. The van der Waals surface area contributed by atoms with E-state index in [4.69, 9.17) is 4.74 Å². The number of benzene rings is 2. The Bertz CT molecular complexity index is 1060. The Morgan fingerprint density at radius 2 is 1.74 bits per heavy atom. The quantitative estimate of drug-likeness (QED) is 0.529. The number of ether oxygens (including phenoxy) is 1. The third-order valence-electron chi connectivity index (χ3n) is 7.44. The molecular weight excluding hydrogens is 438 g/mol. The van der Waals surface area contributed by atoms with Gasteiger partial charge < -0.3 is 14.7 Å². The minimum absolute atomic E-state index is 0.122. The molecule has 1 aliphatic carbocycles. The molecule has 1 amide bonds. The van der Waals surface area contributed by atoms with Crippen molar-refractivity contribution < 1.29 is 19.4 Å². The number of carbonyl (C=O) groups excluding carboxylic acids is 1. The number of amides is 1. The summed E-state index contributed by atoms with van der Waals surface area (Å²) >= 11 is 0. The van der Waals surface area contributed by atoms with E-state index in [0.717, 1.165) is 43.4 Å². The summed E-state index contributed by atoms with van der Waals surface area (Å²) in [6.45, 7) is 9.02. The predicted octanol–water partition coefficient (Wildman–Crippen LogP) is 6.03. The van der Waals surface area contributed by atoms with Crippen molar-refractivity contribution in [2.45, 2.75) is 83.7 Å². The van der Waals surface area contributed by atoms with Crippen LogP contribution in [0.1, 0.15) is 86.8 Å². The van der Waals surface area contributed by atoms with E-state index in [1.165, 1.54) is 22.4 Å². The fourth-order valence-corrected chi connectivity index (χ4v) is 5.55. The lowest BCUT2D eigenvalue weighted by Gasteiger charge is -2.29.